The fourth-order valence-electron chi connectivity index (χ4n) is 3.25. The van der Waals surface area contributed by atoms with Crippen molar-refractivity contribution >= 4 is 5.97 Å². The molecule has 6 heteroatoms. The molecule has 0 spiro atoms. The van der Waals surface area contributed by atoms with Crippen LogP contribution in [-0.4, -0.2) is 22.4 Å². The highest BCUT2D eigenvalue weighted by molar-refractivity contribution is 5.81. The second-order valence-corrected chi connectivity index (χ2v) is 6.75. The molecule has 0 aromatic heterocycles. The van der Waals surface area contributed by atoms with Gasteiger partial charge < -0.3 is 9.64 Å². The maximum absolute atomic E-state index is 11.7. The topological polar surface area (TPSA) is 72.7 Å². The van der Waals surface area contributed by atoms with E-state index < -0.39 is 5.97 Å². The quantitative estimate of drug-likeness (QED) is 0.254. The highest BCUT2D eigenvalue weighted by Gasteiger charge is 2.32. The van der Waals surface area contributed by atoms with Gasteiger partial charge in [0.25, 0.3) is 5.70 Å². The predicted octanol–water partition coefficient (Wildman–Crippen LogP) is 4.68. The van der Waals surface area contributed by atoms with Crippen LogP contribution in [0.1, 0.15) is 38.7 Å². The first kappa shape index (κ1) is 21.4. The zero-order chi connectivity index (χ0) is 20.4. The minimum Gasteiger partial charge on any atom is -0.463 e. The molecule has 150 valence electrons. The highest BCUT2D eigenvalue weighted by atomic mass is 16.6. The van der Waals surface area contributed by atoms with E-state index in [1.165, 1.54) is 6.08 Å². The molecule has 0 fully saturated rings. The second-order valence-electron chi connectivity index (χ2n) is 6.75. The Morgan fingerprint density at radius 3 is 2.71 bits per heavy atom. The lowest BCUT2D eigenvalue weighted by Gasteiger charge is -2.26. The Hall–Kier alpha value is -2.89. The van der Waals surface area contributed by atoms with E-state index >= 15 is 0 Å². The molecular formula is C22H28N2O4. The molecule has 2 rings (SSSR count). The molecule has 28 heavy (non-hydrogen) atoms. The molecule has 0 aliphatic carbocycles. The van der Waals surface area contributed by atoms with Gasteiger partial charge in [0.1, 0.15) is 0 Å². The van der Waals surface area contributed by atoms with Gasteiger partial charge in [0, 0.05) is 18.8 Å². The van der Waals surface area contributed by atoms with Gasteiger partial charge in [-0.25, -0.2) is 4.79 Å². The molecule has 1 aliphatic rings. The number of nitrogens with zero attached hydrogens (tertiary/aromatic N) is 2. The Morgan fingerprint density at radius 2 is 2.07 bits per heavy atom. The van der Waals surface area contributed by atoms with Crippen LogP contribution in [0.5, 0.6) is 0 Å². The van der Waals surface area contributed by atoms with Crippen molar-refractivity contribution in [2.75, 3.05) is 6.61 Å². The Balaban J connectivity index is 2.20. The van der Waals surface area contributed by atoms with Crippen LogP contribution in [-0.2, 0) is 16.1 Å². The fourth-order valence-corrected chi connectivity index (χ4v) is 3.25. The van der Waals surface area contributed by atoms with Gasteiger partial charge in [-0.3, -0.25) is 10.1 Å². The summed E-state index contributed by atoms with van der Waals surface area (Å²) < 4.78 is 4.94. The van der Waals surface area contributed by atoms with Crippen molar-refractivity contribution in [3.05, 3.63) is 82.3 Å². The zero-order valence-electron chi connectivity index (χ0n) is 16.5. The number of rotatable bonds is 10. The number of unbranched alkanes of at least 4 members (excludes halogenated alkanes) is 1. The van der Waals surface area contributed by atoms with E-state index in [1.54, 1.807) is 19.2 Å². The van der Waals surface area contributed by atoms with Crippen molar-refractivity contribution < 1.29 is 14.5 Å². The largest absolute Gasteiger partial charge is 0.463 e. The van der Waals surface area contributed by atoms with E-state index in [2.05, 4.69) is 6.92 Å². The molecule has 2 atom stereocenters. The molecule has 0 amide bonds. The van der Waals surface area contributed by atoms with E-state index in [4.69, 9.17) is 4.74 Å². The maximum Gasteiger partial charge on any atom is 0.330 e. The Morgan fingerprint density at radius 1 is 1.32 bits per heavy atom. The normalized spacial score (nSPS) is 17.4. The molecule has 0 saturated heterocycles. The zero-order valence-corrected chi connectivity index (χ0v) is 16.5. The van der Waals surface area contributed by atoms with Crippen LogP contribution in [0.3, 0.4) is 0 Å². The van der Waals surface area contributed by atoms with E-state index in [9.17, 15) is 14.9 Å². The SMILES string of the molecule is CCCC[C@@H](/C=C/C(=O)OCC)[C@H]1C=CN(Cc2ccccc2)C=C1[N+](=O)[O-]. The number of ether oxygens (including phenoxy) is 1. The van der Waals surface area contributed by atoms with E-state index in [1.807, 2.05) is 47.5 Å². The van der Waals surface area contributed by atoms with Gasteiger partial charge in [-0.2, -0.15) is 0 Å². The smallest absolute Gasteiger partial charge is 0.330 e. The van der Waals surface area contributed by atoms with Crippen LogP contribution in [0.4, 0.5) is 0 Å². The summed E-state index contributed by atoms with van der Waals surface area (Å²) in [5, 5.41) is 11.7. The van der Waals surface area contributed by atoms with E-state index in [0.717, 1.165) is 24.8 Å². The van der Waals surface area contributed by atoms with Crippen LogP contribution in [0, 0.1) is 22.0 Å². The molecule has 1 heterocycles. The number of allylic oxidation sites excluding steroid dienone is 2. The monoisotopic (exact) mass is 384 g/mol. The summed E-state index contributed by atoms with van der Waals surface area (Å²) in [6.07, 6.45) is 11.2. The van der Waals surface area contributed by atoms with Gasteiger partial charge in [0.15, 0.2) is 0 Å². The van der Waals surface area contributed by atoms with Gasteiger partial charge >= 0.3 is 5.97 Å². The third-order valence-electron chi connectivity index (χ3n) is 4.66. The molecule has 1 aromatic rings. The van der Waals surface area contributed by atoms with Crippen LogP contribution < -0.4 is 0 Å². The molecule has 0 unspecified atom stereocenters. The lowest BCUT2D eigenvalue weighted by atomic mass is 9.84. The van der Waals surface area contributed by atoms with Crippen molar-refractivity contribution in [1.82, 2.24) is 4.90 Å². The number of hydrogen-bond acceptors (Lipinski definition) is 5. The second kappa shape index (κ2) is 11.1. The first-order chi connectivity index (χ1) is 13.5. The molecule has 0 bridgehead atoms. The Labute approximate surface area is 166 Å². The third-order valence-corrected chi connectivity index (χ3v) is 4.66. The van der Waals surface area contributed by atoms with Crippen LogP contribution in [0.15, 0.2) is 66.7 Å². The van der Waals surface area contributed by atoms with Gasteiger partial charge in [-0.15, -0.1) is 0 Å². The molecule has 0 saturated carbocycles. The molecule has 1 aliphatic heterocycles. The number of nitro groups is 1. The third kappa shape index (κ3) is 6.37. The van der Waals surface area contributed by atoms with Gasteiger partial charge in [0.2, 0.25) is 0 Å². The van der Waals surface area contributed by atoms with Crippen LogP contribution in [0.2, 0.25) is 0 Å². The number of carbonyl (C=O) groups is 1. The van der Waals surface area contributed by atoms with Gasteiger partial charge in [-0.1, -0.05) is 62.2 Å². The Bertz CT molecular complexity index is 740. The molecule has 0 radical (unpaired) electrons. The van der Waals surface area contributed by atoms with Crippen LogP contribution in [0.25, 0.3) is 0 Å². The Kier molecular flexibility index (Phi) is 8.46. The summed E-state index contributed by atoms with van der Waals surface area (Å²) in [7, 11) is 0. The lowest BCUT2D eigenvalue weighted by Crippen LogP contribution is -2.26. The summed E-state index contributed by atoms with van der Waals surface area (Å²) in [5.74, 6) is -0.920. The summed E-state index contributed by atoms with van der Waals surface area (Å²) in [4.78, 5) is 24.9. The van der Waals surface area contributed by atoms with Crippen molar-refractivity contribution in [2.45, 2.75) is 39.7 Å². The summed E-state index contributed by atoms with van der Waals surface area (Å²) >= 11 is 0. The molecular weight excluding hydrogens is 356 g/mol. The molecule has 1 aromatic carbocycles. The number of carbonyl (C=O) groups excluding carboxylic acids is 1. The van der Waals surface area contributed by atoms with Crippen molar-refractivity contribution in [1.29, 1.82) is 0 Å². The molecule has 0 N–H and O–H groups in total. The minimum atomic E-state index is -0.416. The maximum atomic E-state index is 11.7. The van der Waals surface area contributed by atoms with E-state index in [0.29, 0.717) is 13.2 Å². The summed E-state index contributed by atoms with van der Waals surface area (Å²) in [6.45, 7) is 4.70. The standard InChI is InChI=1S/C22H28N2O4/c1-3-5-11-19(12-13-22(25)28-4-2)20-14-15-23(17-21(20)24(26)27)16-18-9-7-6-8-10-18/h6-10,12-15,17,19-20H,3-5,11,16H2,1-2H3/b13-12+/t19-,20+/m0/s1. The first-order valence-electron chi connectivity index (χ1n) is 9.74. The van der Waals surface area contributed by atoms with Gasteiger partial charge in [-0.05, 0) is 24.8 Å². The van der Waals surface area contributed by atoms with Crippen molar-refractivity contribution in [3.8, 4) is 0 Å². The first-order valence-corrected chi connectivity index (χ1v) is 9.74. The number of hydrogen-bond donors (Lipinski definition) is 0. The van der Waals surface area contributed by atoms with E-state index in [-0.39, 0.29) is 22.5 Å². The average molecular weight is 384 g/mol. The number of benzene rings is 1. The lowest BCUT2D eigenvalue weighted by molar-refractivity contribution is -0.434. The average Bonchev–Trinajstić information content (AvgIpc) is 2.69. The van der Waals surface area contributed by atoms with Crippen molar-refractivity contribution in [3.63, 3.8) is 0 Å². The predicted molar refractivity (Wildman–Crippen MR) is 108 cm³/mol. The van der Waals surface area contributed by atoms with Crippen molar-refractivity contribution in [2.24, 2.45) is 11.8 Å². The fraction of sp³-hybridized carbons (Fsp3) is 0.409. The molecule has 6 nitrogen and oxygen atoms in total. The minimum absolute atomic E-state index is 0.129. The highest BCUT2D eigenvalue weighted by Crippen LogP contribution is 2.32. The summed E-state index contributed by atoms with van der Waals surface area (Å²) in [6, 6.07) is 9.82. The van der Waals surface area contributed by atoms with Gasteiger partial charge in [0.05, 0.1) is 23.6 Å². The van der Waals surface area contributed by atoms with Crippen LogP contribution >= 0.6 is 0 Å². The number of esters is 1. The summed E-state index contributed by atoms with van der Waals surface area (Å²) in [5.41, 5.74) is 1.22.